The van der Waals surface area contributed by atoms with Gasteiger partial charge in [-0.1, -0.05) is 0 Å². The Morgan fingerprint density at radius 1 is 0.741 bits per heavy atom. The lowest BCUT2D eigenvalue weighted by molar-refractivity contribution is -0.0613. The molecule has 2 fully saturated rings. The fourth-order valence-corrected chi connectivity index (χ4v) is 6.38. The van der Waals surface area contributed by atoms with Crippen LogP contribution in [0.3, 0.4) is 0 Å². The fourth-order valence-electron chi connectivity index (χ4n) is 3.15. The molecule has 0 unspecified atom stereocenters. The van der Waals surface area contributed by atoms with E-state index >= 15 is 0 Å². The van der Waals surface area contributed by atoms with Gasteiger partial charge in [0.2, 0.25) is 0 Å². The van der Waals surface area contributed by atoms with Crippen molar-refractivity contribution >= 4 is 34.0 Å². The largest absolute Gasteiger partial charge is 0.391 e. The Morgan fingerprint density at radius 2 is 1.33 bits per heavy atom. The van der Waals surface area contributed by atoms with Gasteiger partial charge in [-0.2, -0.15) is 0 Å². The number of ether oxygens (including phenoxy) is 4. The van der Waals surface area contributed by atoms with Gasteiger partial charge < -0.3 is 24.1 Å². The van der Waals surface area contributed by atoms with E-state index in [9.17, 15) is 5.11 Å². The summed E-state index contributed by atoms with van der Waals surface area (Å²) in [5, 5.41) is 9.29. The molecular weight excluding hydrogens is 404 g/mol. The van der Waals surface area contributed by atoms with Gasteiger partial charge in [0.1, 0.15) is 0 Å². The third-order valence-electron chi connectivity index (χ3n) is 4.41. The van der Waals surface area contributed by atoms with Crippen molar-refractivity contribution in [3.63, 3.8) is 0 Å². The molecular formula is C19H18O5S3. The molecule has 0 amide bonds. The molecule has 0 bridgehead atoms. The van der Waals surface area contributed by atoms with Crippen LogP contribution in [0.2, 0.25) is 0 Å². The van der Waals surface area contributed by atoms with E-state index < -0.39 is 0 Å². The van der Waals surface area contributed by atoms with E-state index in [1.165, 1.54) is 14.6 Å². The van der Waals surface area contributed by atoms with Crippen LogP contribution in [0, 0.1) is 0 Å². The normalized spacial score (nSPS) is 18.7. The van der Waals surface area contributed by atoms with Crippen LogP contribution in [-0.4, -0.2) is 31.5 Å². The molecule has 5 heterocycles. The van der Waals surface area contributed by atoms with Crippen LogP contribution < -0.4 is 0 Å². The summed E-state index contributed by atoms with van der Waals surface area (Å²) in [5.74, 6) is 0. The lowest BCUT2D eigenvalue weighted by Crippen LogP contribution is -2.04. The molecule has 2 saturated heterocycles. The van der Waals surface area contributed by atoms with E-state index in [-0.39, 0.29) is 19.2 Å². The number of thiophene rings is 3. The van der Waals surface area contributed by atoms with Crippen molar-refractivity contribution in [2.75, 3.05) is 26.4 Å². The summed E-state index contributed by atoms with van der Waals surface area (Å²) in [5.41, 5.74) is 1.01. The highest BCUT2D eigenvalue weighted by Crippen LogP contribution is 2.45. The Balaban J connectivity index is 1.48. The van der Waals surface area contributed by atoms with E-state index in [0.717, 1.165) is 20.2 Å². The highest BCUT2D eigenvalue weighted by Gasteiger charge is 2.31. The molecule has 0 aromatic carbocycles. The smallest absolute Gasteiger partial charge is 0.193 e. The van der Waals surface area contributed by atoms with Crippen molar-refractivity contribution in [2.24, 2.45) is 0 Å². The monoisotopic (exact) mass is 422 g/mol. The molecule has 27 heavy (non-hydrogen) atoms. The first-order valence-corrected chi connectivity index (χ1v) is 11.2. The van der Waals surface area contributed by atoms with E-state index in [2.05, 4.69) is 24.3 Å². The van der Waals surface area contributed by atoms with Gasteiger partial charge in [0, 0.05) is 29.9 Å². The number of aliphatic hydroxyl groups is 1. The molecule has 3 aromatic heterocycles. The summed E-state index contributed by atoms with van der Waals surface area (Å²) in [4.78, 5) is 6.74. The Labute approximate surface area is 168 Å². The van der Waals surface area contributed by atoms with Gasteiger partial charge in [-0.15, -0.1) is 34.0 Å². The zero-order valence-electron chi connectivity index (χ0n) is 14.4. The summed E-state index contributed by atoms with van der Waals surface area (Å²) in [6.07, 6.45) is -0.683. The summed E-state index contributed by atoms with van der Waals surface area (Å²) in [6, 6.07) is 10.5. The minimum atomic E-state index is -0.346. The highest BCUT2D eigenvalue weighted by molar-refractivity contribution is 7.26. The van der Waals surface area contributed by atoms with Crippen molar-refractivity contribution in [3.8, 4) is 19.5 Å². The van der Waals surface area contributed by atoms with Crippen LogP contribution in [0.5, 0.6) is 0 Å². The van der Waals surface area contributed by atoms with Crippen molar-refractivity contribution in [3.05, 3.63) is 45.6 Å². The minimum Gasteiger partial charge on any atom is -0.391 e. The van der Waals surface area contributed by atoms with E-state index in [0.29, 0.717) is 26.4 Å². The Morgan fingerprint density at radius 3 is 2.00 bits per heavy atom. The maximum Gasteiger partial charge on any atom is 0.193 e. The number of hydrogen-bond donors (Lipinski definition) is 1. The summed E-state index contributed by atoms with van der Waals surface area (Å²) in [6.45, 7) is 2.52. The molecule has 5 rings (SSSR count). The number of rotatable bonds is 5. The molecule has 0 atom stereocenters. The van der Waals surface area contributed by atoms with Crippen LogP contribution in [0.25, 0.3) is 19.5 Å². The van der Waals surface area contributed by atoms with Crippen LogP contribution in [-0.2, 0) is 25.6 Å². The topological polar surface area (TPSA) is 57.2 Å². The van der Waals surface area contributed by atoms with Crippen LogP contribution in [0.15, 0.2) is 30.3 Å². The molecule has 2 aliphatic rings. The first-order valence-electron chi connectivity index (χ1n) is 8.72. The molecule has 0 aliphatic carbocycles. The zero-order valence-corrected chi connectivity index (χ0v) is 16.8. The minimum absolute atomic E-state index is 0.0866. The second kappa shape index (κ2) is 7.73. The SMILES string of the molecule is OCc1ccc(-c2ccc(-c3cc(C4OCCO4)c(C4OCCO4)s3)s2)s1. The molecule has 1 N–H and O–H groups in total. The van der Waals surface area contributed by atoms with Crippen molar-refractivity contribution < 1.29 is 24.1 Å². The van der Waals surface area contributed by atoms with Gasteiger partial charge in [-0.25, -0.2) is 0 Å². The quantitative estimate of drug-likeness (QED) is 0.641. The van der Waals surface area contributed by atoms with Crippen molar-refractivity contribution in [1.29, 1.82) is 0 Å². The van der Waals surface area contributed by atoms with Gasteiger partial charge in [-0.3, -0.25) is 0 Å². The van der Waals surface area contributed by atoms with E-state index in [1.807, 2.05) is 6.07 Å². The molecule has 142 valence electrons. The molecule has 8 heteroatoms. The average Bonchev–Trinajstić information content (AvgIpc) is 3.51. The fraction of sp³-hybridized carbons (Fsp3) is 0.368. The van der Waals surface area contributed by atoms with Gasteiger partial charge >= 0.3 is 0 Å². The number of hydrogen-bond acceptors (Lipinski definition) is 8. The van der Waals surface area contributed by atoms with Crippen molar-refractivity contribution in [1.82, 2.24) is 0 Å². The number of aliphatic hydroxyl groups excluding tert-OH is 1. The van der Waals surface area contributed by atoms with Gasteiger partial charge in [0.25, 0.3) is 0 Å². The average molecular weight is 423 g/mol. The van der Waals surface area contributed by atoms with Crippen LogP contribution in [0.1, 0.15) is 27.9 Å². The molecule has 5 nitrogen and oxygen atoms in total. The predicted octanol–water partition coefficient (Wildman–Crippen LogP) is 4.79. The predicted molar refractivity (Wildman–Crippen MR) is 106 cm³/mol. The standard InChI is InChI=1S/C19H18O5S3/c20-10-11-1-2-13(25-11)14-3-4-15(26-14)16-9-12(18-21-5-6-22-18)17(27-16)19-23-7-8-24-19/h1-4,9,18-20H,5-8,10H2. The Bertz CT molecular complexity index is 882. The van der Waals surface area contributed by atoms with Crippen molar-refractivity contribution in [2.45, 2.75) is 19.2 Å². The summed E-state index contributed by atoms with van der Waals surface area (Å²) in [7, 11) is 0. The lowest BCUT2D eigenvalue weighted by atomic mass is 10.2. The first-order chi connectivity index (χ1) is 13.3. The zero-order chi connectivity index (χ0) is 18.2. The molecule has 0 spiro atoms. The molecule has 0 radical (unpaired) electrons. The van der Waals surface area contributed by atoms with E-state index in [1.54, 1.807) is 34.0 Å². The van der Waals surface area contributed by atoms with Crippen LogP contribution in [0.4, 0.5) is 0 Å². The Hall–Kier alpha value is -1.10. The summed E-state index contributed by atoms with van der Waals surface area (Å²) >= 11 is 5.05. The summed E-state index contributed by atoms with van der Waals surface area (Å²) < 4.78 is 22.9. The third kappa shape index (κ3) is 3.52. The molecule has 3 aromatic rings. The Kier molecular flexibility index (Phi) is 5.14. The maximum absolute atomic E-state index is 9.29. The van der Waals surface area contributed by atoms with Gasteiger partial charge in [-0.05, 0) is 30.3 Å². The highest BCUT2D eigenvalue weighted by atomic mass is 32.1. The van der Waals surface area contributed by atoms with Crippen LogP contribution >= 0.6 is 34.0 Å². The van der Waals surface area contributed by atoms with Gasteiger partial charge in [0.15, 0.2) is 12.6 Å². The molecule has 2 aliphatic heterocycles. The lowest BCUT2D eigenvalue weighted by Gasteiger charge is -2.13. The second-order valence-corrected chi connectivity index (χ2v) is 9.50. The second-order valence-electron chi connectivity index (χ2n) is 6.17. The molecule has 0 saturated carbocycles. The first kappa shape index (κ1) is 18.0. The van der Waals surface area contributed by atoms with Gasteiger partial charge in [0.05, 0.1) is 37.9 Å². The van der Waals surface area contributed by atoms with E-state index in [4.69, 9.17) is 18.9 Å². The third-order valence-corrected chi connectivity index (χ3v) is 8.13. The maximum atomic E-state index is 9.29.